The van der Waals surface area contributed by atoms with Crippen LogP contribution in [0.15, 0.2) is 79.1 Å². The second-order valence-corrected chi connectivity index (χ2v) is 5.24. The standard InChI is InChI=1S/C20H19NO.ClH/c1-2-7-17(8-3-1)12-13-19-10-4-5-11-20(19)22-16-18-9-6-14-21-15-18;/h1-11,14-15H,12-13,16H2;1H. The first-order valence-corrected chi connectivity index (χ1v) is 7.55. The summed E-state index contributed by atoms with van der Waals surface area (Å²) in [7, 11) is 0. The molecule has 2 aromatic carbocycles. The second-order valence-electron chi connectivity index (χ2n) is 5.24. The van der Waals surface area contributed by atoms with Crippen molar-refractivity contribution in [2.75, 3.05) is 0 Å². The van der Waals surface area contributed by atoms with Crippen LogP contribution in [0.5, 0.6) is 5.75 Å². The fourth-order valence-corrected chi connectivity index (χ4v) is 2.42. The van der Waals surface area contributed by atoms with Crippen molar-refractivity contribution in [3.63, 3.8) is 0 Å². The van der Waals surface area contributed by atoms with Crippen LogP contribution in [0.4, 0.5) is 0 Å². The van der Waals surface area contributed by atoms with Crippen LogP contribution in [-0.2, 0) is 19.4 Å². The summed E-state index contributed by atoms with van der Waals surface area (Å²) in [6, 6.07) is 22.8. The number of rotatable bonds is 6. The molecule has 3 heteroatoms. The molecule has 0 aliphatic carbocycles. The van der Waals surface area contributed by atoms with E-state index in [1.165, 1.54) is 11.1 Å². The molecule has 23 heavy (non-hydrogen) atoms. The maximum Gasteiger partial charge on any atom is 0.123 e. The molecule has 3 aromatic rings. The molecule has 1 heterocycles. The number of nitrogens with zero attached hydrogens (tertiary/aromatic N) is 1. The van der Waals surface area contributed by atoms with Crippen LogP contribution in [0.2, 0.25) is 0 Å². The topological polar surface area (TPSA) is 22.1 Å². The van der Waals surface area contributed by atoms with Crippen molar-refractivity contribution in [2.45, 2.75) is 19.4 Å². The minimum Gasteiger partial charge on any atom is -0.489 e. The lowest BCUT2D eigenvalue weighted by Crippen LogP contribution is -2.00. The van der Waals surface area contributed by atoms with E-state index in [4.69, 9.17) is 4.74 Å². The van der Waals surface area contributed by atoms with Gasteiger partial charge in [-0.25, -0.2) is 0 Å². The summed E-state index contributed by atoms with van der Waals surface area (Å²) in [5.41, 5.74) is 3.68. The van der Waals surface area contributed by atoms with Crippen molar-refractivity contribution in [2.24, 2.45) is 0 Å². The van der Waals surface area contributed by atoms with Crippen molar-refractivity contribution in [3.8, 4) is 5.75 Å². The highest BCUT2D eigenvalue weighted by Gasteiger charge is 2.04. The van der Waals surface area contributed by atoms with Gasteiger partial charge in [0.1, 0.15) is 12.4 Å². The smallest absolute Gasteiger partial charge is 0.123 e. The largest absolute Gasteiger partial charge is 0.489 e. The molecule has 2 nitrogen and oxygen atoms in total. The monoisotopic (exact) mass is 325 g/mol. The molecule has 0 radical (unpaired) electrons. The third kappa shape index (κ3) is 5.11. The SMILES string of the molecule is Cl.c1ccc(CCc2ccccc2OCc2cccnc2)cc1. The zero-order chi connectivity index (χ0) is 15.0. The lowest BCUT2D eigenvalue weighted by molar-refractivity contribution is 0.302. The van der Waals surface area contributed by atoms with Gasteiger partial charge in [-0.15, -0.1) is 12.4 Å². The van der Waals surface area contributed by atoms with Crippen LogP contribution in [-0.4, -0.2) is 4.98 Å². The molecule has 3 rings (SSSR count). The van der Waals surface area contributed by atoms with E-state index in [9.17, 15) is 0 Å². The molecule has 0 amide bonds. The highest BCUT2D eigenvalue weighted by Crippen LogP contribution is 2.21. The number of hydrogen-bond acceptors (Lipinski definition) is 2. The molecule has 118 valence electrons. The Kier molecular flexibility index (Phi) is 6.64. The number of para-hydroxylation sites is 1. The van der Waals surface area contributed by atoms with E-state index in [2.05, 4.69) is 47.4 Å². The molecule has 1 aromatic heterocycles. The van der Waals surface area contributed by atoms with Gasteiger partial charge in [-0.2, -0.15) is 0 Å². The lowest BCUT2D eigenvalue weighted by atomic mass is 10.0. The van der Waals surface area contributed by atoms with Crippen LogP contribution >= 0.6 is 12.4 Å². The molecule has 0 N–H and O–H groups in total. The van der Waals surface area contributed by atoms with Gasteiger partial charge in [-0.1, -0.05) is 54.6 Å². The van der Waals surface area contributed by atoms with E-state index in [1.54, 1.807) is 6.20 Å². The molecule has 0 fully saturated rings. The van der Waals surface area contributed by atoms with Crippen LogP contribution in [0.1, 0.15) is 16.7 Å². The molecular formula is C20H20ClNO. The maximum absolute atomic E-state index is 5.97. The Morgan fingerprint density at radius 3 is 2.26 bits per heavy atom. The molecule has 0 aliphatic heterocycles. The Morgan fingerprint density at radius 2 is 1.48 bits per heavy atom. The van der Waals surface area contributed by atoms with Gasteiger partial charge in [0.25, 0.3) is 0 Å². The Balaban J connectivity index is 0.00000192. The number of ether oxygens (including phenoxy) is 1. The van der Waals surface area contributed by atoms with E-state index >= 15 is 0 Å². The number of aromatic nitrogens is 1. The molecule has 0 atom stereocenters. The number of halogens is 1. The van der Waals surface area contributed by atoms with Gasteiger partial charge in [0, 0.05) is 18.0 Å². The summed E-state index contributed by atoms with van der Waals surface area (Å²) < 4.78 is 5.97. The molecular weight excluding hydrogens is 306 g/mol. The van der Waals surface area contributed by atoms with E-state index in [0.29, 0.717) is 6.61 Å². The van der Waals surface area contributed by atoms with E-state index < -0.39 is 0 Å². The summed E-state index contributed by atoms with van der Waals surface area (Å²) in [5.74, 6) is 0.960. The van der Waals surface area contributed by atoms with Crippen molar-refractivity contribution < 1.29 is 4.74 Å². The minimum absolute atomic E-state index is 0. The quantitative estimate of drug-likeness (QED) is 0.645. The van der Waals surface area contributed by atoms with Crippen LogP contribution in [0, 0.1) is 0 Å². The van der Waals surface area contributed by atoms with E-state index in [1.807, 2.05) is 30.5 Å². The van der Waals surface area contributed by atoms with Crippen LogP contribution in [0.3, 0.4) is 0 Å². The average Bonchev–Trinajstić information content (AvgIpc) is 2.61. The summed E-state index contributed by atoms with van der Waals surface area (Å²) >= 11 is 0. The number of hydrogen-bond donors (Lipinski definition) is 0. The van der Waals surface area contributed by atoms with Crippen molar-refractivity contribution in [1.82, 2.24) is 4.98 Å². The number of benzene rings is 2. The van der Waals surface area contributed by atoms with Gasteiger partial charge >= 0.3 is 0 Å². The Bertz CT molecular complexity index is 639. The molecule has 0 bridgehead atoms. The van der Waals surface area contributed by atoms with Gasteiger partial charge in [-0.3, -0.25) is 4.98 Å². The predicted octanol–water partition coefficient (Wildman–Crippen LogP) is 4.87. The fourth-order valence-electron chi connectivity index (χ4n) is 2.42. The van der Waals surface area contributed by atoms with E-state index in [-0.39, 0.29) is 12.4 Å². The minimum atomic E-state index is 0. The first kappa shape index (κ1) is 17.0. The summed E-state index contributed by atoms with van der Waals surface area (Å²) in [6.07, 6.45) is 5.62. The highest BCUT2D eigenvalue weighted by atomic mass is 35.5. The Morgan fingerprint density at radius 1 is 0.739 bits per heavy atom. The molecule has 0 aliphatic rings. The first-order chi connectivity index (χ1) is 10.9. The average molecular weight is 326 g/mol. The third-order valence-corrected chi connectivity index (χ3v) is 3.62. The second kappa shape index (κ2) is 8.96. The Hall–Kier alpha value is -2.32. The highest BCUT2D eigenvalue weighted by molar-refractivity contribution is 5.85. The summed E-state index contributed by atoms with van der Waals surface area (Å²) in [6.45, 7) is 0.552. The Labute approximate surface area is 143 Å². The number of pyridine rings is 1. The van der Waals surface area contributed by atoms with Gasteiger partial charge in [0.15, 0.2) is 0 Å². The number of aryl methyl sites for hydroxylation is 2. The van der Waals surface area contributed by atoms with Crippen molar-refractivity contribution >= 4 is 12.4 Å². The van der Waals surface area contributed by atoms with E-state index in [0.717, 1.165) is 24.2 Å². The fraction of sp³-hybridized carbons (Fsp3) is 0.150. The van der Waals surface area contributed by atoms with Crippen molar-refractivity contribution in [1.29, 1.82) is 0 Å². The maximum atomic E-state index is 5.97. The molecule has 0 spiro atoms. The van der Waals surface area contributed by atoms with Gasteiger partial charge in [0.2, 0.25) is 0 Å². The summed E-state index contributed by atoms with van der Waals surface area (Å²) in [4.78, 5) is 4.12. The zero-order valence-corrected chi connectivity index (χ0v) is 13.7. The third-order valence-electron chi connectivity index (χ3n) is 3.62. The predicted molar refractivity (Wildman–Crippen MR) is 96.1 cm³/mol. The lowest BCUT2D eigenvalue weighted by Gasteiger charge is -2.11. The molecule has 0 saturated heterocycles. The zero-order valence-electron chi connectivity index (χ0n) is 12.9. The van der Waals surface area contributed by atoms with Gasteiger partial charge in [0.05, 0.1) is 0 Å². The molecule has 0 unspecified atom stereocenters. The summed E-state index contributed by atoms with van der Waals surface area (Å²) in [5, 5.41) is 0. The first-order valence-electron chi connectivity index (χ1n) is 7.55. The van der Waals surface area contributed by atoms with Gasteiger partial charge < -0.3 is 4.74 Å². The normalized spacial score (nSPS) is 9.91. The van der Waals surface area contributed by atoms with Crippen LogP contribution in [0.25, 0.3) is 0 Å². The van der Waals surface area contributed by atoms with Crippen LogP contribution < -0.4 is 4.74 Å². The van der Waals surface area contributed by atoms with Crippen molar-refractivity contribution in [3.05, 3.63) is 95.8 Å². The molecule has 0 saturated carbocycles. The van der Waals surface area contributed by atoms with Gasteiger partial charge in [-0.05, 0) is 36.1 Å².